The summed E-state index contributed by atoms with van der Waals surface area (Å²) in [5.41, 5.74) is 0.586. The van der Waals surface area contributed by atoms with Gasteiger partial charge in [-0.1, -0.05) is 11.6 Å². The Hall–Kier alpha value is -1.25. The Morgan fingerprint density at radius 2 is 2.30 bits per heavy atom. The summed E-state index contributed by atoms with van der Waals surface area (Å²) >= 11 is 6.01. The van der Waals surface area contributed by atoms with Crippen LogP contribution in [0.25, 0.3) is 11.0 Å². The number of rotatable bonds is 3. The second-order valence-corrected chi connectivity index (χ2v) is 4.92. The molecule has 1 fully saturated rings. The number of methoxy groups -OCH3 is 1. The van der Waals surface area contributed by atoms with E-state index in [1.54, 1.807) is 16.8 Å². The predicted molar refractivity (Wildman–Crippen MR) is 70.3 cm³/mol. The Morgan fingerprint density at radius 1 is 1.50 bits per heavy atom. The number of aromatic nitrogens is 3. The van der Waals surface area contributed by atoms with E-state index in [1.165, 1.54) is 13.4 Å². The van der Waals surface area contributed by atoms with E-state index in [0.717, 1.165) is 0 Å². The van der Waals surface area contributed by atoms with Gasteiger partial charge >= 0.3 is 0 Å². The SMILES string of the molecule is CO[C@@H]1[C@H](O)[C@@H](CO)O[C@H]1n1ccc2c(Cl)ncnc21. The van der Waals surface area contributed by atoms with Crippen LogP contribution >= 0.6 is 11.6 Å². The molecule has 3 heterocycles. The highest BCUT2D eigenvalue weighted by Crippen LogP contribution is 2.34. The molecular weight excluding hydrogens is 286 g/mol. The van der Waals surface area contributed by atoms with E-state index in [2.05, 4.69) is 9.97 Å². The van der Waals surface area contributed by atoms with Crippen molar-refractivity contribution in [2.24, 2.45) is 0 Å². The molecule has 3 rings (SSSR count). The second kappa shape index (κ2) is 5.27. The van der Waals surface area contributed by atoms with Gasteiger partial charge in [0.1, 0.15) is 35.4 Å². The molecule has 0 aromatic carbocycles. The van der Waals surface area contributed by atoms with Crippen LogP contribution in [0.3, 0.4) is 0 Å². The number of aliphatic hydroxyl groups excluding tert-OH is 2. The van der Waals surface area contributed by atoms with Gasteiger partial charge in [0.05, 0.1) is 12.0 Å². The monoisotopic (exact) mass is 299 g/mol. The molecule has 0 radical (unpaired) electrons. The molecule has 1 aliphatic rings. The van der Waals surface area contributed by atoms with Gasteiger partial charge in [0.2, 0.25) is 0 Å². The van der Waals surface area contributed by atoms with Crippen molar-refractivity contribution < 1.29 is 19.7 Å². The summed E-state index contributed by atoms with van der Waals surface area (Å²) in [4.78, 5) is 8.09. The third kappa shape index (κ3) is 1.99. The van der Waals surface area contributed by atoms with E-state index < -0.39 is 24.5 Å². The van der Waals surface area contributed by atoms with Crippen molar-refractivity contribution >= 4 is 22.6 Å². The molecule has 8 heteroatoms. The molecule has 2 aromatic heterocycles. The van der Waals surface area contributed by atoms with Gasteiger partial charge in [0.15, 0.2) is 6.23 Å². The van der Waals surface area contributed by atoms with Crippen LogP contribution in [0.15, 0.2) is 18.6 Å². The fraction of sp³-hybridized carbons (Fsp3) is 0.500. The largest absolute Gasteiger partial charge is 0.394 e. The van der Waals surface area contributed by atoms with Crippen LogP contribution in [0.4, 0.5) is 0 Å². The van der Waals surface area contributed by atoms with Gasteiger partial charge in [-0.05, 0) is 6.07 Å². The molecule has 0 saturated carbocycles. The first-order chi connectivity index (χ1) is 9.67. The van der Waals surface area contributed by atoms with Crippen LogP contribution in [0.1, 0.15) is 6.23 Å². The quantitative estimate of drug-likeness (QED) is 0.795. The first-order valence-electron chi connectivity index (χ1n) is 6.11. The van der Waals surface area contributed by atoms with E-state index in [-0.39, 0.29) is 6.61 Å². The number of halogens is 1. The minimum absolute atomic E-state index is 0.285. The van der Waals surface area contributed by atoms with Gasteiger partial charge in [-0.2, -0.15) is 0 Å². The molecule has 0 unspecified atom stereocenters. The third-order valence-electron chi connectivity index (χ3n) is 3.50. The van der Waals surface area contributed by atoms with Gasteiger partial charge in [-0.15, -0.1) is 0 Å². The van der Waals surface area contributed by atoms with E-state index in [1.807, 2.05) is 0 Å². The van der Waals surface area contributed by atoms with Crippen molar-refractivity contribution in [2.75, 3.05) is 13.7 Å². The van der Waals surface area contributed by atoms with E-state index in [9.17, 15) is 10.2 Å². The lowest BCUT2D eigenvalue weighted by Gasteiger charge is -2.20. The molecular formula is C12H14ClN3O4. The fourth-order valence-electron chi connectivity index (χ4n) is 2.49. The lowest BCUT2D eigenvalue weighted by Crippen LogP contribution is -2.34. The van der Waals surface area contributed by atoms with Crippen molar-refractivity contribution in [1.82, 2.24) is 14.5 Å². The Bertz CT molecular complexity index is 620. The molecule has 7 nitrogen and oxygen atoms in total. The molecule has 20 heavy (non-hydrogen) atoms. The molecule has 4 atom stereocenters. The maximum absolute atomic E-state index is 10.1. The van der Waals surface area contributed by atoms with Crippen molar-refractivity contribution in [1.29, 1.82) is 0 Å². The van der Waals surface area contributed by atoms with E-state index in [0.29, 0.717) is 16.2 Å². The molecule has 0 spiro atoms. The second-order valence-electron chi connectivity index (χ2n) is 4.56. The molecule has 2 aromatic rings. The number of ether oxygens (including phenoxy) is 2. The third-order valence-corrected chi connectivity index (χ3v) is 3.80. The Kier molecular flexibility index (Phi) is 3.61. The zero-order chi connectivity index (χ0) is 14.3. The van der Waals surface area contributed by atoms with Gasteiger partial charge in [-0.25, -0.2) is 9.97 Å². The van der Waals surface area contributed by atoms with E-state index >= 15 is 0 Å². The van der Waals surface area contributed by atoms with Crippen LogP contribution in [0.2, 0.25) is 5.15 Å². The highest BCUT2D eigenvalue weighted by Gasteiger charge is 2.45. The predicted octanol–water partition coefficient (Wildman–Crippen LogP) is 0.350. The van der Waals surface area contributed by atoms with Crippen molar-refractivity contribution in [3.05, 3.63) is 23.7 Å². The summed E-state index contributed by atoms with van der Waals surface area (Å²) in [7, 11) is 1.48. The van der Waals surface area contributed by atoms with Crippen molar-refractivity contribution in [3.63, 3.8) is 0 Å². The van der Waals surface area contributed by atoms with E-state index in [4.69, 9.17) is 21.1 Å². The van der Waals surface area contributed by atoms with Crippen LogP contribution in [0, 0.1) is 0 Å². The van der Waals surface area contributed by atoms with Crippen molar-refractivity contribution in [2.45, 2.75) is 24.5 Å². The number of hydrogen-bond acceptors (Lipinski definition) is 6. The normalized spacial score (nSPS) is 30.2. The first kappa shape index (κ1) is 13.7. The smallest absolute Gasteiger partial charge is 0.164 e. The maximum Gasteiger partial charge on any atom is 0.164 e. The maximum atomic E-state index is 10.1. The number of hydrogen-bond donors (Lipinski definition) is 2. The fourth-order valence-corrected chi connectivity index (χ4v) is 2.68. The summed E-state index contributed by atoms with van der Waals surface area (Å²) < 4.78 is 12.7. The first-order valence-corrected chi connectivity index (χ1v) is 6.49. The number of nitrogens with zero attached hydrogens (tertiary/aromatic N) is 3. The van der Waals surface area contributed by atoms with Crippen LogP contribution in [-0.2, 0) is 9.47 Å². The number of aliphatic hydroxyl groups is 2. The summed E-state index contributed by atoms with van der Waals surface area (Å²) in [6.07, 6.45) is 0.309. The lowest BCUT2D eigenvalue weighted by atomic mass is 10.1. The minimum Gasteiger partial charge on any atom is -0.394 e. The highest BCUT2D eigenvalue weighted by molar-refractivity contribution is 6.33. The highest BCUT2D eigenvalue weighted by atomic mass is 35.5. The molecule has 1 aliphatic heterocycles. The number of fused-ring (bicyclic) bond motifs is 1. The Morgan fingerprint density at radius 3 is 3.00 bits per heavy atom. The summed E-state index contributed by atoms with van der Waals surface area (Å²) in [6, 6.07) is 1.77. The average Bonchev–Trinajstić information content (AvgIpc) is 3.00. The molecule has 0 aliphatic carbocycles. The zero-order valence-electron chi connectivity index (χ0n) is 10.7. The summed E-state index contributed by atoms with van der Waals surface area (Å²) in [5, 5.41) is 20.3. The van der Waals surface area contributed by atoms with Crippen LogP contribution in [0.5, 0.6) is 0 Å². The van der Waals surface area contributed by atoms with Gasteiger partial charge in [0.25, 0.3) is 0 Å². The zero-order valence-corrected chi connectivity index (χ0v) is 11.4. The summed E-state index contributed by atoms with van der Waals surface area (Å²) in [5.74, 6) is 0. The van der Waals surface area contributed by atoms with Crippen LogP contribution in [-0.4, -0.2) is 56.8 Å². The Balaban J connectivity index is 2.04. The molecule has 2 N–H and O–H groups in total. The van der Waals surface area contributed by atoms with Gasteiger partial charge in [0, 0.05) is 13.3 Å². The minimum atomic E-state index is -0.912. The average molecular weight is 300 g/mol. The van der Waals surface area contributed by atoms with Gasteiger partial charge < -0.3 is 24.3 Å². The summed E-state index contributed by atoms with van der Waals surface area (Å²) in [6.45, 7) is -0.285. The topological polar surface area (TPSA) is 89.6 Å². The molecule has 0 amide bonds. The van der Waals surface area contributed by atoms with Crippen molar-refractivity contribution in [3.8, 4) is 0 Å². The molecule has 108 valence electrons. The van der Waals surface area contributed by atoms with Crippen LogP contribution < -0.4 is 0 Å². The lowest BCUT2D eigenvalue weighted by molar-refractivity contribution is -0.0580. The standard InChI is InChI=1S/C12H14ClN3O4/c1-19-9-8(18)7(4-17)20-12(9)16-3-2-6-10(13)14-5-15-11(6)16/h2-3,5,7-9,12,17-18H,4H2,1H3/t7-,8-,9-,12-/m1/s1. The molecule has 0 bridgehead atoms. The van der Waals surface area contributed by atoms with Gasteiger partial charge in [-0.3, -0.25) is 0 Å². The Labute approximate surface area is 119 Å². The molecule has 1 saturated heterocycles.